The van der Waals surface area contributed by atoms with Crippen molar-refractivity contribution in [1.82, 2.24) is 24.3 Å². The molecule has 130 valence electrons. The Bertz CT molecular complexity index is 971. The second-order valence-corrected chi connectivity index (χ2v) is 6.36. The Kier molecular flexibility index (Phi) is 4.60. The molecule has 4 aromatic rings. The summed E-state index contributed by atoms with van der Waals surface area (Å²) < 4.78 is 4.21. The first kappa shape index (κ1) is 16.3. The monoisotopic (exact) mass is 343 g/mol. The van der Waals surface area contributed by atoms with Crippen LogP contribution < -0.4 is 0 Å². The van der Waals surface area contributed by atoms with Crippen LogP contribution in [0.4, 0.5) is 0 Å². The van der Waals surface area contributed by atoms with Crippen LogP contribution in [0.2, 0.25) is 0 Å². The lowest BCUT2D eigenvalue weighted by Crippen LogP contribution is -2.09. The highest BCUT2D eigenvalue weighted by Crippen LogP contribution is 2.24. The zero-order chi connectivity index (χ0) is 17.8. The maximum atomic E-state index is 4.73. The summed E-state index contributed by atoms with van der Waals surface area (Å²) in [5.74, 6) is 0. The Morgan fingerprint density at radius 3 is 2.65 bits per heavy atom. The second-order valence-electron chi connectivity index (χ2n) is 6.36. The molecule has 0 bridgehead atoms. The van der Waals surface area contributed by atoms with E-state index in [-0.39, 0.29) is 0 Å². The standard InChI is InChI=1S/C21H21N5/c1-17-14-22-11-8-19(17)15-25-16-23-21(18-6-3-2-4-7-18)20(25)9-13-26-12-5-10-24-26/h2-8,10-12,14,16H,9,13,15H2,1H3. The molecule has 5 heteroatoms. The molecule has 3 aromatic heterocycles. The molecule has 0 aliphatic heterocycles. The summed E-state index contributed by atoms with van der Waals surface area (Å²) in [5.41, 5.74) is 5.87. The quantitative estimate of drug-likeness (QED) is 0.536. The molecule has 0 fully saturated rings. The number of nitrogens with zero attached hydrogens (tertiary/aromatic N) is 5. The lowest BCUT2D eigenvalue weighted by Gasteiger charge is -2.12. The third-order valence-corrected chi connectivity index (χ3v) is 4.61. The van der Waals surface area contributed by atoms with Crippen LogP contribution in [0, 0.1) is 6.92 Å². The molecule has 3 heterocycles. The molecule has 0 atom stereocenters. The number of hydrogen-bond acceptors (Lipinski definition) is 3. The van der Waals surface area contributed by atoms with Crippen molar-refractivity contribution < 1.29 is 0 Å². The average Bonchev–Trinajstić information content (AvgIpc) is 3.32. The van der Waals surface area contributed by atoms with Gasteiger partial charge in [-0.15, -0.1) is 0 Å². The summed E-state index contributed by atoms with van der Waals surface area (Å²) >= 11 is 0. The van der Waals surface area contributed by atoms with Gasteiger partial charge in [0, 0.05) is 55.6 Å². The van der Waals surface area contributed by atoms with Crippen LogP contribution in [0.1, 0.15) is 16.8 Å². The molecule has 0 aliphatic carbocycles. The number of pyridine rings is 1. The van der Waals surface area contributed by atoms with Crippen LogP contribution in [0.25, 0.3) is 11.3 Å². The minimum Gasteiger partial charge on any atom is -0.329 e. The fraction of sp³-hybridized carbons (Fsp3) is 0.190. The molecule has 4 rings (SSSR count). The summed E-state index contributed by atoms with van der Waals surface area (Å²) in [6.45, 7) is 3.72. The van der Waals surface area contributed by atoms with Gasteiger partial charge in [-0.3, -0.25) is 9.67 Å². The fourth-order valence-corrected chi connectivity index (χ4v) is 3.16. The van der Waals surface area contributed by atoms with E-state index in [1.165, 1.54) is 16.8 Å². The van der Waals surface area contributed by atoms with Crippen LogP contribution in [-0.2, 0) is 19.5 Å². The second kappa shape index (κ2) is 7.35. The smallest absolute Gasteiger partial charge is 0.0959 e. The lowest BCUT2D eigenvalue weighted by atomic mass is 10.1. The van der Waals surface area contributed by atoms with Crippen LogP contribution >= 0.6 is 0 Å². The Morgan fingerprint density at radius 2 is 1.88 bits per heavy atom. The SMILES string of the molecule is Cc1cnccc1Cn1cnc(-c2ccccc2)c1CCn1cccn1. The predicted octanol–water partition coefficient (Wildman–Crippen LogP) is 3.74. The van der Waals surface area contributed by atoms with Crippen molar-refractivity contribution >= 4 is 0 Å². The van der Waals surface area contributed by atoms with E-state index < -0.39 is 0 Å². The van der Waals surface area contributed by atoms with Gasteiger partial charge in [-0.1, -0.05) is 30.3 Å². The van der Waals surface area contributed by atoms with Gasteiger partial charge in [0.1, 0.15) is 0 Å². The number of rotatable bonds is 6. The first-order valence-electron chi connectivity index (χ1n) is 8.77. The molecule has 0 radical (unpaired) electrons. The number of aryl methyl sites for hydroxylation is 2. The highest BCUT2D eigenvalue weighted by atomic mass is 15.3. The molecule has 5 nitrogen and oxygen atoms in total. The van der Waals surface area contributed by atoms with Crippen LogP contribution in [-0.4, -0.2) is 24.3 Å². The van der Waals surface area contributed by atoms with E-state index in [0.717, 1.165) is 30.8 Å². The first-order chi connectivity index (χ1) is 12.8. The average molecular weight is 343 g/mol. The molecule has 0 N–H and O–H groups in total. The van der Waals surface area contributed by atoms with Gasteiger partial charge in [0.05, 0.1) is 12.0 Å². The fourth-order valence-electron chi connectivity index (χ4n) is 3.16. The third-order valence-electron chi connectivity index (χ3n) is 4.61. The van der Waals surface area contributed by atoms with Crippen molar-refractivity contribution in [3.05, 3.63) is 90.4 Å². The molecule has 0 spiro atoms. The zero-order valence-electron chi connectivity index (χ0n) is 14.8. The summed E-state index contributed by atoms with van der Waals surface area (Å²) in [4.78, 5) is 8.93. The van der Waals surface area contributed by atoms with Gasteiger partial charge in [0.2, 0.25) is 0 Å². The van der Waals surface area contributed by atoms with E-state index in [9.17, 15) is 0 Å². The molecule has 0 aliphatic rings. The van der Waals surface area contributed by atoms with Crippen molar-refractivity contribution in [3.8, 4) is 11.3 Å². The Balaban J connectivity index is 1.69. The van der Waals surface area contributed by atoms with E-state index in [2.05, 4.69) is 51.9 Å². The molecule has 0 unspecified atom stereocenters. The Morgan fingerprint density at radius 1 is 1.00 bits per heavy atom. The third kappa shape index (κ3) is 3.42. The minimum atomic E-state index is 0.794. The normalized spacial score (nSPS) is 11.0. The van der Waals surface area contributed by atoms with Crippen LogP contribution in [0.15, 0.2) is 73.6 Å². The molecule has 1 aromatic carbocycles. The van der Waals surface area contributed by atoms with Gasteiger partial charge in [0.15, 0.2) is 0 Å². The van der Waals surface area contributed by atoms with Gasteiger partial charge in [-0.2, -0.15) is 5.10 Å². The van der Waals surface area contributed by atoms with Gasteiger partial charge in [-0.05, 0) is 30.2 Å². The van der Waals surface area contributed by atoms with Crippen molar-refractivity contribution in [1.29, 1.82) is 0 Å². The molecule has 0 amide bonds. The van der Waals surface area contributed by atoms with Crippen molar-refractivity contribution in [3.63, 3.8) is 0 Å². The van der Waals surface area contributed by atoms with Crippen molar-refractivity contribution in [2.75, 3.05) is 0 Å². The largest absolute Gasteiger partial charge is 0.329 e. The van der Waals surface area contributed by atoms with E-state index in [0.29, 0.717) is 0 Å². The van der Waals surface area contributed by atoms with Crippen molar-refractivity contribution in [2.24, 2.45) is 0 Å². The minimum absolute atomic E-state index is 0.794. The summed E-state index contributed by atoms with van der Waals surface area (Å²) in [6.07, 6.45) is 10.4. The number of benzene rings is 1. The van der Waals surface area contributed by atoms with E-state index in [1.54, 1.807) is 0 Å². The number of aromatic nitrogens is 5. The summed E-state index contributed by atoms with van der Waals surface area (Å²) in [7, 11) is 0. The molecular weight excluding hydrogens is 322 g/mol. The number of hydrogen-bond donors (Lipinski definition) is 0. The van der Waals surface area contributed by atoms with Gasteiger partial charge in [0.25, 0.3) is 0 Å². The topological polar surface area (TPSA) is 48.5 Å². The van der Waals surface area contributed by atoms with Gasteiger partial charge < -0.3 is 4.57 Å². The summed E-state index contributed by atoms with van der Waals surface area (Å²) in [6, 6.07) is 14.4. The molecule has 0 saturated carbocycles. The molecule has 0 saturated heterocycles. The predicted molar refractivity (Wildman–Crippen MR) is 102 cm³/mol. The zero-order valence-corrected chi connectivity index (χ0v) is 14.8. The highest BCUT2D eigenvalue weighted by molar-refractivity contribution is 5.61. The maximum Gasteiger partial charge on any atom is 0.0959 e. The van der Waals surface area contributed by atoms with Crippen molar-refractivity contribution in [2.45, 2.75) is 26.4 Å². The summed E-state index contributed by atoms with van der Waals surface area (Å²) in [5, 5.41) is 4.32. The maximum absolute atomic E-state index is 4.73. The van der Waals surface area contributed by atoms with E-state index in [4.69, 9.17) is 4.98 Å². The molecule has 26 heavy (non-hydrogen) atoms. The Labute approximate surface area is 153 Å². The van der Waals surface area contributed by atoms with E-state index >= 15 is 0 Å². The van der Waals surface area contributed by atoms with Gasteiger partial charge >= 0.3 is 0 Å². The van der Waals surface area contributed by atoms with E-state index in [1.807, 2.05) is 47.9 Å². The molecular formula is C21H21N5. The van der Waals surface area contributed by atoms with Gasteiger partial charge in [-0.25, -0.2) is 4.98 Å². The highest BCUT2D eigenvalue weighted by Gasteiger charge is 2.14. The van der Waals surface area contributed by atoms with Crippen LogP contribution in [0.5, 0.6) is 0 Å². The first-order valence-corrected chi connectivity index (χ1v) is 8.77. The Hall–Kier alpha value is -3.21. The number of imidazole rings is 1. The van der Waals surface area contributed by atoms with Crippen LogP contribution in [0.3, 0.4) is 0 Å². The lowest BCUT2D eigenvalue weighted by molar-refractivity contribution is 0.592.